The van der Waals surface area contributed by atoms with Gasteiger partial charge in [-0.05, 0) is 37.3 Å². The highest BCUT2D eigenvalue weighted by Crippen LogP contribution is 2.39. The van der Waals surface area contributed by atoms with Crippen molar-refractivity contribution in [1.29, 1.82) is 5.26 Å². The van der Waals surface area contributed by atoms with Crippen molar-refractivity contribution in [2.45, 2.75) is 13.0 Å². The summed E-state index contributed by atoms with van der Waals surface area (Å²) in [6.07, 6.45) is -3.87. The summed E-state index contributed by atoms with van der Waals surface area (Å²) in [5.41, 5.74) is -4.34. The van der Waals surface area contributed by atoms with E-state index in [1.165, 1.54) is 12.1 Å². The smallest absolute Gasteiger partial charge is 0.428 e. The molecule has 38 heavy (non-hydrogen) atoms. The number of nitriles is 1. The van der Waals surface area contributed by atoms with Gasteiger partial charge in [0.2, 0.25) is 0 Å². The molecule has 0 atom stereocenters. The maximum absolute atomic E-state index is 14.8. The maximum Gasteiger partial charge on any atom is 0.432 e. The Morgan fingerprint density at radius 1 is 0.763 bits per heavy atom. The first-order chi connectivity index (χ1) is 17.8. The summed E-state index contributed by atoms with van der Waals surface area (Å²) in [5, 5.41) is 8.81. The molecule has 0 bridgehead atoms. The number of hydrogen-bond acceptors (Lipinski definition) is 3. The maximum atomic E-state index is 14.8. The van der Waals surface area contributed by atoms with Crippen LogP contribution in [-0.4, -0.2) is 4.98 Å². The molecule has 0 aliphatic heterocycles. The van der Waals surface area contributed by atoms with Crippen molar-refractivity contribution in [3.05, 3.63) is 106 Å². The van der Waals surface area contributed by atoms with Crippen molar-refractivity contribution in [1.82, 2.24) is 4.98 Å². The zero-order valence-corrected chi connectivity index (χ0v) is 18.8. The van der Waals surface area contributed by atoms with Crippen molar-refractivity contribution in [2.24, 2.45) is 0 Å². The predicted octanol–water partition coefficient (Wildman–Crippen LogP) is 7.70. The van der Waals surface area contributed by atoms with E-state index in [9.17, 15) is 39.5 Å². The zero-order valence-electron chi connectivity index (χ0n) is 18.8. The molecule has 0 saturated heterocycles. The second kappa shape index (κ2) is 9.74. The highest BCUT2D eigenvalue weighted by atomic mass is 19.3. The lowest BCUT2D eigenvalue weighted by Crippen LogP contribution is -2.26. The topological polar surface area (TPSA) is 45.9 Å². The molecule has 1 heterocycles. The van der Waals surface area contributed by atoms with E-state index in [-0.39, 0.29) is 22.8 Å². The number of alkyl halides is 2. The number of ether oxygens (including phenoxy) is 1. The first kappa shape index (κ1) is 26.5. The Bertz CT molecular complexity index is 1610. The molecule has 3 nitrogen and oxygen atoms in total. The lowest BCUT2D eigenvalue weighted by atomic mass is 10.0. The Hall–Kier alpha value is -4.53. The molecule has 0 aliphatic carbocycles. The third-order valence-corrected chi connectivity index (χ3v) is 5.45. The summed E-state index contributed by atoms with van der Waals surface area (Å²) >= 11 is 0. The summed E-state index contributed by atoms with van der Waals surface area (Å²) in [6.45, 7) is 0.779. The van der Waals surface area contributed by atoms with Gasteiger partial charge >= 0.3 is 6.11 Å². The number of aromatic nitrogens is 1. The average molecular weight is 538 g/mol. The van der Waals surface area contributed by atoms with E-state index < -0.39 is 75.0 Å². The van der Waals surface area contributed by atoms with Crippen molar-refractivity contribution >= 4 is 0 Å². The molecule has 0 radical (unpaired) electrons. The molecule has 194 valence electrons. The lowest BCUT2D eigenvalue weighted by Gasteiger charge is -2.21. The number of pyridine rings is 1. The van der Waals surface area contributed by atoms with Crippen LogP contribution in [0.25, 0.3) is 22.4 Å². The second-order valence-corrected chi connectivity index (χ2v) is 7.90. The molecule has 0 unspecified atom stereocenters. The van der Waals surface area contributed by atoms with E-state index in [0.29, 0.717) is 12.1 Å². The molecule has 3 aromatic carbocycles. The number of rotatable bonds is 5. The van der Waals surface area contributed by atoms with E-state index in [2.05, 4.69) is 9.72 Å². The van der Waals surface area contributed by atoms with Crippen LogP contribution in [0.2, 0.25) is 0 Å². The highest BCUT2D eigenvalue weighted by Gasteiger charge is 2.42. The normalized spacial score (nSPS) is 11.4. The number of halogens is 9. The summed E-state index contributed by atoms with van der Waals surface area (Å²) < 4.78 is 132. The van der Waals surface area contributed by atoms with Gasteiger partial charge in [0, 0.05) is 34.5 Å². The van der Waals surface area contributed by atoms with Crippen LogP contribution in [0.3, 0.4) is 0 Å². The summed E-state index contributed by atoms with van der Waals surface area (Å²) in [6, 6.07) is 6.61. The van der Waals surface area contributed by atoms with E-state index in [1.54, 1.807) is 6.07 Å². The molecule has 4 rings (SSSR count). The number of nitrogens with zero attached hydrogens (tertiary/aromatic N) is 2. The molecule has 0 amide bonds. The van der Waals surface area contributed by atoms with Gasteiger partial charge in [-0.2, -0.15) is 14.0 Å². The van der Waals surface area contributed by atoms with E-state index >= 15 is 0 Å². The predicted molar refractivity (Wildman–Crippen MR) is 115 cm³/mol. The molecule has 1 aromatic heterocycles. The lowest BCUT2D eigenvalue weighted by molar-refractivity contribution is -0.190. The van der Waals surface area contributed by atoms with Crippen molar-refractivity contribution in [3.8, 4) is 34.2 Å². The Morgan fingerprint density at radius 2 is 1.39 bits per heavy atom. The quantitative estimate of drug-likeness (QED) is 0.193. The van der Waals surface area contributed by atoms with Crippen LogP contribution >= 0.6 is 0 Å². The minimum Gasteiger partial charge on any atom is -0.428 e. The van der Waals surface area contributed by atoms with Crippen LogP contribution in [0, 0.1) is 59.0 Å². The summed E-state index contributed by atoms with van der Waals surface area (Å²) in [4.78, 5) is 3.71. The van der Waals surface area contributed by atoms with Crippen LogP contribution < -0.4 is 4.74 Å². The molecule has 0 fully saturated rings. The van der Waals surface area contributed by atoms with E-state index in [0.717, 1.165) is 25.3 Å². The fourth-order valence-electron chi connectivity index (χ4n) is 3.56. The Morgan fingerprint density at radius 3 is 1.97 bits per heavy atom. The fourth-order valence-corrected chi connectivity index (χ4v) is 3.56. The molecule has 12 heteroatoms. The highest BCUT2D eigenvalue weighted by molar-refractivity contribution is 5.68. The zero-order chi connectivity index (χ0) is 27.9. The minimum absolute atomic E-state index is 0.00739. The Balaban J connectivity index is 1.70. The van der Waals surface area contributed by atoms with E-state index in [1.807, 2.05) is 0 Å². The molecular formula is C26H11F9N2O. The first-order valence-electron chi connectivity index (χ1n) is 10.4. The van der Waals surface area contributed by atoms with Crippen LogP contribution in [-0.2, 0) is 6.11 Å². The van der Waals surface area contributed by atoms with Crippen LogP contribution in [0.15, 0.2) is 48.7 Å². The van der Waals surface area contributed by atoms with Gasteiger partial charge in [-0.1, -0.05) is 6.07 Å². The minimum atomic E-state index is -4.84. The van der Waals surface area contributed by atoms with Gasteiger partial charge in [-0.3, -0.25) is 4.98 Å². The first-order valence-corrected chi connectivity index (χ1v) is 10.4. The fraction of sp³-hybridized carbons (Fsp3) is 0.0769. The monoisotopic (exact) mass is 538 g/mol. The third kappa shape index (κ3) is 4.74. The number of hydrogen-bond donors (Lipinski definition) is 0. The van der Waals surface area contributed by atoms with Gasteiger partial charge in [0.1, 0.15) is 40.3 Å². The molecule has 0 aliphatic rings. The largest absolute Gasteiger partial charge is 0.432 e. The standard InChI is InChI=1S/C26H11F9N2O/c1-11-21(8-19(30)24(33)23(11)32)38-26(34,35)22-17(28)5-13(6-18(22)29)25-20(31)7-14(10-37-25)15-3-2-12(9-36)4-16(15)27/h2-8,10H,1H3. The summed E-state index contributed by atoms with van der Waals surface area (Å²) in [5.74, 6) is -12.8. The molecule has 4 aromatic rings. The van der Waals surface area contributed by atoms with Crippen LogP contribution in [0.5, 0.6) is 5.75 Å². The molecule has 0 saturated carbocycles. The Kier molecular flexibility index (Phi) is 6.80. The van der Waals surface area contributed by atoms with Gasteiger partial charge in [-0.15, -0.1) is 0 Å². The van der Waals surface area contributed by atoms with Crippen LogP contribution in [0.1, 0.15) is 16.7 Å². The molecular weight excluding hydrogens is 527 g/mol. The van der Waals surface area contributed by atoms with Crippen LogP contribution in [0.4, 0.5) is 39.5 Å². The number of benzene rings is 3. The molecule has 0 spiro atoms. The van der Waals surface area contributed by atoms with Gasteiger partial charge in [0.15, 0.2) is 17.5 Å². The van der Waals surface area contributed by atoms with Crippen molar-refractivity contribution in [2.75, 3.05) is 0 Å². The molecule has 0 N–H and O–H groups in total. The van der Waals surface area contributed by atoms with Crippen molar-refractivity contribution in [3.63, 3.8) is 0 Å². The van der Waals surface area contributed by atoms with E-state index in [4.69, 9.17) is 5.26 Å². The van der Waals surface area contributed by atoms with Gasteiger partial charge in [0.25, 0.3) is 0 Å². The third-order valence-electron chi connectivity index (χ3n) is 5.45. The van der Waals surface area contributed by atoms with Gasteiger partial charge in [0.05, 0.1) is 11.6 Å². The SMILES string of the molecule is Cc1c(OC(F)(F)c2c(F)cc(-c3ncc(-c4ccc(C#N)cc4F)cc3F)cc2F)cc(F)c(F)c1F. The van der Waals surface area contributed by atoms with Crippen molar-refractivity contribution < 1.29 is 44.3 Å². The Labute approximate surface area is 208 Å². The average Bonchev–Trinajstić information content (AvgIpc) is 2.85. The summed E-state index contributed by atoms with van der Waals surface area (Å²) in [7, 11) is 0. The second-order valence-electron chi connectivity index (χ2n) is 7.90. The van der Waals surface area contributed by atoms with Gasteiger partial charge < -0.3 is 4.74 Å². The van der Waals surface area contributed by atoms with Gasteiger partial charge in [-0.25, -0.2) is 30.7 Å².